The number of hydrogen-bond donors (Lipinski definition) is 2. The van der Waals surface area contributed by atoms with Gasteiger partial charge < -0.3 is 10.6 Å². The minimum absolute atomic E-state index is 0.0658. The van der Waals surface area contributed by atoms with Gasteiger partial charge in [-0.05, 0) is 39.4 Å². The molecule has 0 atom stereocenters. The predicted molar refractivity (Wildman–Crippen MR) is 58.4 cm³/mol. The Kier molecular flexibility index (Phi) is 5.22. The molecule has 0 rings (SSSR count). The lowest BCUT2D eigenvalue weighted by Gasteiger charge is -2.22. The number of thiocarbonyl (C=S) groups is 1. The van der Waals surface area contributed by atoms with E-state index in [1.165, 1.54) is 12.8 Å². The summed E-state index contributed by atoms with van der Waals surface area (Å²) >= 11 is 5.09. The summed E-state index contributed by atoms with van der Waals surface area (Å²) in [5.41, 5.74) is 0.0658. The van der Waals surface area contributed by atoms with Gasteiger partial charge >= 0.3 is 0 Å². The fourth-order valence-corrected chi connectivity index (χ4v) is 1.17. The standard InChI is InChI=1S/C9H20N2S/c1-5-6-7-10-8(12)11-9(2,3)4/h5-7H2,1-4H3,(H2,10,11,12). The maximum atomic E-state index is 5.09. The molecule has 0 bridgehead atoms. The van der Waals surface area contributed by atoms with Crippen LogP contribution in [0.3, 0.4) is 0 Å². The van der Waals surface area contributed by atoms with E-state index in [1.807, 2.05) is 0 Å². The van der Waals surface area contributed by atoms with E-state index >= 15 is 0 Å². The van der Waals surface area contributed by atoms with Gasteiger partial charge in [0.15, 0.2) is 5.11 Å². The summed E-state index contributed by atoms with van der Waals surface area (Å²) in [6.45, 7) is 9.43. The van der Waals surface area contributed by atoms with Crippen molar-refractivity contribution in [3.63, 3.8) is 0 Å². The second kappa shape index (κ2) is 5.36. The highest BCUT2D eigenvalue weighted by Gasteiger charge is 2.09. The molecule has 0 aliphatic carbocycles. The molecule has 0 aromatic heterocycles. The molecule has 0 spiro atoms. The van der Waals surface area contributed by atoms with Gasteiger partial charge in [0.2, 0.25) is 0 Å². The van der Waals surface area contributed by atoms with E-state index in [0.717, 1.165) is 11.7 Å². The molecule has 0 saturated carbocycles. The van der Waals surface area contributed by atoms with E-state index in [0.29, 0.717) is 0 Å². The van der Waals surface area contributed by atoms with Crippen LogP contribution in [0.25, 0.3) is 0 Å². The summed E-state index contributed by atoms with van der Waals surface area (Å²) in [4.78, 5) is 0. The minimum Gasteiger partial charge on any atom is -0.363 e. The smallest absolute Gasteiger partial charge is 0.166 e. The molecule has 12 heavy (non-hydrogen) atoms. The monoisotopic (exact) mass is 188 g/mol. The van der Waals surface area contributed by atoms with Crippen LogP contribution in [0, 0.1) is 0 Å². The van der Waals surface area contributed by atoms with Crippen LogP contribution in [0.4, 0.5) is 0 Å². The van der Waals surface area contributed by atoms with Crippen LogP contribution >= 0.6 is 12.2 Å². The highest BCUT2D eigenvalue weighted by Crippen LogP contribution is 1.97. The van der Waals surface area contributed by atoms with Gasteiger partial charge in [0.1, 0.15) is 0 Å². The van der Waals surface area contributed by atoms with Crippen molar-refractivity contribution in [3.05, 3.63) is 0 Å². The van der Waals surface area contributed by atoms with Crippen molar-refractivity contribution in [2.24, 2.45) is 0 Å². The Morgan fingerprint density at radius 2 is 1.92 bits per heavy atom. The quantitative estimate of drug-likeness (QED) is 0.523. The number of nitrogens with one attached hydrogen (secondary N) is 2. The van der Waals surface area contributed by atoms with Gasteiger partial charge in [-0.2, -0.15) is 0 Å². The molecule has 2 N–H and O–H groups in total. The maximum absolute atomic E-state index is 5.09. The minimum atomic E-state index is 0.0658. The molecule has 0 heterocycles. The fraction of sp³-hybridized carbons (Fsp3) is 0.889. The van der Waals surface area contributed by atoms with E-state index in [2.05, 4.69) is 38.3 Å². The first-order valence-electron chi connectivity index (χ1n) is 4.51. The Bertz CT molecular complexity index is 138. The number of hydrogen-bond acceptors (Lipinski definition) is 1. The van der Waals surface area contributed by atoms with Gasteiger partial charge in [0.05, 0.1) is 0 Å². The summed E-state index contributed by atoms with van der Waals surface area (Å²) in [6, 6.07) is 0. The number of rotatable bonds is 3. The Hall–Kier alpha value is -0.310. The maximum Gasteiger partial charge on any atom is 0.166 e. The van der Waals surface area contributed by atoms with E-state index in [1.54, 1.807) is 0 Å². The first-order valence-corrected chi connectivity index (χ1v) is 4.92. The summed E-state index contributed by atoms with van der Waals surface area (Å²) in [6.07, 6.45) is 2.37. The molecule has 72 valence electrons. The molecule has 0 radical (unpaired) electrons. The third-order valence-electron chi connectivity index (χ3n) is 1.30. The van der Waals surface area contributed by atoms with Gasteiger partial charge in [-0.25, -0.2) is 0 Å². The van der Waals surface area contributed by atoms with Crippen molar-refractivity contribution in [2.45, 2.75) is 46.1 Å². The van der Waals surface area contributed by atoms with Crippen LogP contribution in [0.2, 0.25) is 0 Å². The van der Waals surface area contributed by atoms with Crippen molar-refractivity contribution in [3.8, 4) is 0 Å². The summed E-state index contributed by atoms with van der Waals surface area (Å²) < 4.78 is 0. The molecule has 0 fully saturated rings. The third-order valence-corrected chi connectivity index (χ3v) is 1.55. The Morgan fingerprint density at radius 1 is 1.33 bits per heavy atom. The van der Waals surface area contributed by atoms with Crippen molar-refractivity contribution in [2.75, 3.05) is 6.54 Å². The van der Waals surface area contributed by atoms with E-state index in [-0.39, 0.29) is 5.54 Å². The zero-order valence-electron chi connectivity index (χ0n) is 8.53. The molecular formula is C9H20N2S. The number of unbranched alkanes of at least 4 members (excludes halogenated alkanes) is 1. The topological polar surface area (TPSA) is 24.1 Å². The van der Waals surface area contributed by atoms with Crippen molar-refractivity contribution in [1.29, 1.82) is 0 Å². The van der Waals surface area contributed by atoms with E-state index < -0.39 is 0 Å². The molecule has 3 heteroatoms. The normalized spacial score (nSPS) is 11.0. The molecular weight excluding hydrogens is 168 g/mol. The molecule has 0 aromatic carbocycles. The average Bonchev–Trinajstić information content (AvgIpc) is 1.84. The van der Waals surface area contributed by atoms with Crippen LogP contribution in [0.1, 0.15) is 40.5 Å². The lowest BCUT2D eigenvalue weighted by atomic mass is 10.1. The van der Waals surface area contributed by atoms with Crippen molar-refractivity contribution < 1.29 is 0 Å². The Labute approximate surface area is 81.1 Å². The van der Waals surface area contributed by atoms with Crippen LogP contribution in [0.15, 0.2) is 0 Å². The fourth-order valence-electron chi connectivity index (χ4n) is 0.763. The van der Waals surface area contributed by atoms with E-state index in [9.17, 15) is 0 Å². The van der Waals surface area contributed by atoms with Gasteiger partial charge in [0.25, 0.3) is 0 Å². The van der Waals surface area contributed by atoms with Gasteiger partial charge in [-0.3, -0.25) is 0 Å². The molecule has 2 nitrogen and oxygen atoms in total. The summed E-state index contributed by atoms with van der Waals surface area (Å²) in [7, 11) is 0. The van der Waals surface area contributed by atoms with Crippen LogP contribution in [-0.2, 0) is 0 Å². The average molecular weight is 188 g/mol. The molecule has 0 aliphatic rings. The molecule has 0 amide bonds. The zero-order chi connectivity index (χ0) is 9.61. The van der Waals surface area contributed by atoms with Crippen LogP contribution < -0.4 is 10.6 Å². The second-order valence-electron chi connectivity index (χ2n) is 3.98. The molecule has 0 aromatic rings. The Morgan fingerprint density at radius 3 is 2.33 bits per heavy atom. The van der Waals surface area contributed by atoms with Gasteiger partial charge in [-0.15, -0.1) is 0 Å². The highest BCUT2D eigenvalue weighted by molar-refractivity contribution is 7.80. The predicted octanol–water partition coefficient (Wildman–Crippen LogP) is 2.05. The molecule has 0 aliphatic heterocycles. The van der Waals surface area contributed by atoms with Crippen molar-refractivity contribution in [1.82, 2.24) is 10.6 Å². The van der Waals surface area contributed by atoms with Crippen LogP contribution in [0.5, 0.6) is 0 Å². The highest BCUT2D eigenvalue weighted by atomic mass is 32.1. The molecule has 0 unspecified atom stereocenters. The van der Waals surface area contributed by atoms with Gasteiger partial charge in [-0.1, -0.05) is 13.3 Å². The third kappa shape index (κ3) is 7.79. The largest absolute Gasteiger partial charge is 0.363 e. The summed E-state index contributed by atoms with van der Waals surface area (Å²) in [5.74, 6) is 0. The first kappa shape index (κ1) is 11.7. The van der Waals surface area contributed by atoms with Crippen LogP contribution in [-0.4, -0.2) is 17.2 Å². The van der Waals surface area contributed by atoms with Gasteiger partial charge in [0, 0.05) is 12.1 Å². The second-order valence-corrected chi connectivity index (χ2v) is 4.39. The SMILES string of the molecule is CCCCNC(=S)NC(C)(C)C. The summed E-state index contributed by atoms with van der Waals surface area (Å²) in [5, 5.41) is 7.12. The lowest BCUT2D eigenvalue weighted by Crippen LogP contribution is -2.46. The lowest BCUT2D eigenvalue weighted by molar-refractivity contribution is 0.506. The zero-order valence-corrected chi connectivity index (χ0v) is 9.35. The molecule has 0 saturated heterocycles. The first-order chi connectivity index (χ1) is 5.45. The van der Waals surface area contributed by atoms with E-state index in [4.69, 9.17) is 12.2 Å². The Balaban J connectivity index is 3.47. The van der Waals surface area contributed by atoms with Crippen molar-refractivity contribution >= 4 is 17.3 Å².